The number of carbonyl (C=O) groups excluding carboxylic acids is 1. The Balaban J connectivity index is 2.95. The summed E-state index contributed by atoms with van der Waals surface area (Å²) in [5, 5.41) is 9.27. The maximum absolute atomic E-state index is 12.3. The van der Waals surface area contributed by atoms with Crippen LogP contribution in [0.3, 0.4) is 0 Å². The first-order valence-electron chi connectivity index (χ1n) is 6.47. The molecule has 2 rings (SSSR count). The van der Waals surface area contributed by atoms with Crippen LogP contribution in [0.25, 0.3) is 17.5 Å². The van der Waals surface area contributed by atoms with Crippen LogP contribution in [0.5, 0.6) is 0 Å². The number of thiazole rings is 1. The molecule has 1 atom stereocenters. The van der Waals surface area contributed by atoms with E-state index >= 15 is 0 Å². The molecule has 0 aromatic carbocycles. The highest BCUT2D eigenvalue weighted by Crippen LogP contribution is 2.26. The molecule has 0 radical (unpaired) electrons. The van der Waals surface area contributed by atoms with Crippen molar-refractivity contribution < 1.29 is 9.53 Å². The van der Waals surface area contributed by atoms with E-state index in [1.165, 1.54) is 15.9 Å². The quantitative estimate of drug-likeness (QED) is 0.758. The smallest absolute Gasteiger partial charge is 0.337 e. The van der Waals surface area contributed by atoms with Gasteiger partial charge in [0.2, 0.25) is 0 Å². The predicted octanol–water partition coefficient (Wildman–Crippen LogP) is -0.275. The number of fused-ring (bicyclic) bond motifs is 1. The standard InChI is InChI=1S/C14H15N3O3S/c1-4-9-12(18)17-11(16)8(6-15)7(3)10(13(17)21-9)14(19)20-5-2/h4,7H,5,16H2,1-3H3/b9-4-/t7-/m0/s1. The SMILES string of the molecule is C/C=c1\sc2n(c1=O)C(N)=C(C#N)[C@H](C)C=2C(=O)OCC. The molecule has 0 unspecified atom stereocenters. The molecule has 0 aliphatic carbocycles. The highest BCUT2D eigenvalue weighted by atomic mass is 32.1. The third kappa shape index (κ3) is 2.17. The van der Waals surface area contributed by atoms with E-state index in [4.69, 9.17) is 10.5 Å². The van der Waals surface area contributed by atoms with E-state index in [1.807, 2.05) is 6.07 Å². The van der Waals surface area contributed by atoms with E-state index in [0.29, 0.717) is 14.8 Å². The van der Waals surface area contributed by atoms with Gasteiger partial charge >= 0.3 is 5.97 Å². The molecule has 0 bridgehead atoms. The lowest BCUT2D eigenvalue weighted by atomic mass is 9.92. The zero-order valence-corrected chi connectivity index (χ0v) is 12.8. The minimum absolute atomic E-state index is 0.0856. The lowest BCUT2D eigenvalue weighted by molar-refractivity contribution is -0.136. The third-order valence-electron chi connectivity index (χ3n) is 3.31. The molecule has 2 heterocycles. The normalized spacial score (nSPS) is 18.5. The summed E-state index contributed by atoms with van der Waals surface area (Å²) in [7, 11) is 0. The highest BCUT2D eigenvalue weighted by Gasteiger charge is 2.32. The van der Waals surface area contributed by atoms with Crippen LogP contribution >= 0.6 is 11.3 Å². The van der Waals surface area contributed by atoms with Crippen molar-refractivity contribution in [2.45, 2.75) is 20.8 Å². The second-order valence-electron chi connectivity index (χ2n) is 4.47. The molecular weight excluding hydrogens is 290 g/mol. The summed E-state index contributed by atoms with van der Waals surface area (Å²) in [4.78, 5) is 24.5. The summed E-state index contributed by atoms with van der Waals surface area (Å²) in [6.45, 7) is 5.37. The molecule has 1 aliphatic heterocycles. The number of nitriles is 1. The molecule has 6 nitrogen and oxygen atoms in total. The fourth-order valence-electron chi connectivity index (χ4n) is 2.27. The summed E-state index contributed by atoms with van der Waals surface area (Å²) in [6.07, 6.45) is 1.66. The van der Waals surface area contributed by atoms with Crippen molar-refractivity contribution in [3.63, 3.8) is 0 Å². The van der Waals surface area contributed by atoms with Crippen LogP contribution in [0.4, 0.5) is 0 Å². The number of esters is 1. The van der Waals surface area contributed by atoms with Gasteiger partial charge in [0.05, 0.1) is 28.4 Å². The van der Waals surface area contributed by atoms with Gasteiger partial charge in [-0.2, -0.15) is 5.26 Å². The molecular formula is C14H15N3O3S. The maximum Gasteiger partial charge on any atom is 0.337 e. The Hall–Kier alpha value is -2.33. The first-order valence-corrected chi connectivity index (χ1v) is 7.29. The zero-order chi connectivity index (χ0) is 15.7. The number of carbonyl (C=O) groups is 1. The van der Waals surface area contributed by atoms with Crippen molar-refractivity contribution in [1.29, 1.82) is 5.26 Å². The minimum atomic E-state index is -0.525. The second-order valence-corrected chi connectivity index (χ2v) is 5.50. The number of allylic oxidation sites excluding steroid dienone is 1. The Morgan fingerprint density at radius 2 is 2.29 bits per heavy atom. The molecule has 1 aliphatic rings. The van der Waals surface area contributed by atoms with Gasteiger partial charge in [0.1, 0.15) is 10.5 Å². The van der Waals surface area contributed by atoms with Crippen LogP contribution in [0.1, 0.15) is 20.8 Å². The van der Waals surface area contributed by atoms with Crippen molar-refractivity contribution in [2.75, 3.05) is 6.61 Å². The summed E-state index contributed by atoms with van der Waals surface area (Å²) in [5.41, 5.74) is 6.13. The summed E-state index contributed by atoms with van der Waals surface area (Å²) < 4.78 is 7.19. The molecule has 0 saturated heterocycles. The van der Waals surface area contributed by atoms with Gasteiger partial charge in [0.15, 0.2) is 0 Å². The molecule has 0 amide bonds. The number of rotatable bonds is 2. The Morgan fingerprint density at radius 3 is 2.81 bits per heavy atom. The van der Waals surface area contributed by atoms with Gasteiger partial charge in [-0.3, -0.25) is 9.36 Å². The second kappa shape index (κ2) is 5.58. The molecule has 110 valence electrons. The van der Waals surface area contributed by atoms with Crippen LogP contribution < -0.4 is 20.5 Å². The van der Waals surface area contributed by atoms with Crippen LogP contribution in [-0.4, -0.2) is 17.1 Å². The highest BCUT2D eigenvalue weighted by molar-refractivity contribution is 7.07. The van der Waals surface area contributed by atoms with Gasteiger partial charge in [0, 0.05) is 5.92 Å². The molecule has 1 aromatic heterocycles. The van der Waals surface area contributed by atoms with Crippen molar-refractivity contribution in [3.05, 3.63) is 25.1 Å². The molecule has 0 spiro atoms. The minimum Gasteiger partial charge on any atom is -0.463 e. The number of aromatic nitrogens is 1. The number of nitrogens with zero attached hydrogens (tertiary/aromatic N) is 2. The van der Waals surface area contributed by atoms with Gasteiger partial charge in [-0.1, -0.05) is 13.0 Å². The fraction of sp³-hybridized carbons (Fsp3) is 0.357. The molecule has 1 aromatic rings. The van der Waals surface area contributed by atoms with E-state index in [1.54, 1.807) is 26.8 Å². The van der Waals surface area contributed by atoms with Gasteiger partial charge in [-0.25, -0.2) is 4.79 Å². The summed E-state index contributed by atoms with van der Waals surface area (Å²) in [6, 6.07) is 1.99. The van der Waals surface area contributed by atoms with Crippen LogP contribution in [0.2, 0.25) is 0 Å². The lowest BCUT2D eigenvalue weighted by Crippen LogP contribution is -2.40. The van der Waals surface area contributed by atoms with Crippen molar-refractivity contribution in [3.8, 4) is 6.07 Å². The van der Waals surface area contributed by atoms with E-state index < -0.39 is 11.9 Å². The average Bonchev–Trinajstić information content (AvgIpc) is 2.76. The van der Waals surface area contributed by atoms with Crippen molar-refractivity contribution in [2.24, 2.45) is 11.7 Å². The number of hydrogen-bond donors (Lipinski definition) is 1. The summed E-state index contributed by atoms with van der Waals surface area (Å²) in [5.74, 6) is -0.942. The summed E-state index contributed by atoms with van der Waals surface area (Å²) >= 11 is 1.18. The molecule has 0 saturated carbocycles. The number of hydrogen-bond acceptors (Lipinski definition) is 6. The number of ether oxygens (including phenoxy) is 1. The van der Waals surface area contributed by atoms with Crippen LogP contribution in [-0.2, 0) is 9.53 Å². The Kier molecular flexibility index (Phi) is 4.00. The van der Waals surface area contributed by atoms with Crippen molar-refractivity contribution >= 4 is 34.8 Å². The van der Waals surface area contributed by atoms with Gasteiger partial charge in [-0.15, -0.1) is 11.3 Å². The Bertz CT molecular complexity index is 851. The number of nitrogens with two attached hydrogens (primary N) is 1. The maximum atomic E-state index is 12.3. The van der Waals surface area contributed by atoms with E-state index in [-0.39, 0.29) is 23.6 Å². The molecule has 7 heteroatoms. The largest absolute Gasteiger partial charge is 0.463 e. The molecule has 21 heavy (non-hydrogen) atoms. The first kappa shape index (κ1) is 15.1. The Morgan fingerprint density at radius 1 is 1.62 bits per heavy atom. The van der Waals surface area contributed by atoms with Gasteiger partial charge in [0.25, 0.3) is 5.56 Å². The monoisotopic (exact) mass is 305 g/mol. The molecule has 0 fully saturated rings. The van der Waals surface area contributed by atoms with Gasteiger partial charge < -0.3 is 10.5 Å². The third-order valence-corrected chi connectivity index (χ3v) is 4.54. The first-order chi connectivity index (χ1) is 9.97. The van der Waals surface area contributed by atoms with E-state index in [9.17, 15) is 14.9 Å². The molecule has 2 N–H and O–H groups in total. The Labute approximate surface area is 125 Å². The van der Waals surface area contributed by atoms with E-state index in [0.717, 1.165) is 0 Å². The van der Waals surface area contributed by atoms with Crippen LogP contribution in [0, 0.1) is 17.2 Å². The van der Waals surface area contributed by atoms with Crippen molar-refractivity contribution in [1.82, 2.24) is 4.57 Å². The topological polar surface area (TPSA) is 98.1 Å². The zero-order valence-electron chi connectivity index (χ0n) is 12.0. The van der Waals surface area contributed by atoms with E-state index in [2.05, 4.69) is 0 Å². The van der Waals surface area contributed by atoms with Gasteiger partial charge in [-0.05, 0) is 13.8 Å². The van der Waals surface area contributed by atoms with Crippen LogP contribution in [0.15, 0.2) is 10.4 Å². The lowest BCUT2D eigenvalue weighted by Gasteiger charge is -2.20. The predicted molar refractivity (Wildman–Crippen MR) is 80.2 cm³/mol. The average molecular weight is 305 g/mol. The fourth-order valence-corrected chi connectivity index (χ4v) is 3.42.